The SMILES string of the molecule is O=C(Nc1ccccc1N1CCOCC1)c1cc(Nc2ccccc2F)ncn1. The molecule has 7 nitrogen and oxygen atoms in total. The number of nitrogens with zero attached hydrogens (tertiary/aromatic N) is 3. The van der Waals surface area contributed by atoms with Gasteiger partial charge in [0.2, 0.25) is 0 Å². The number of hydrogen-bond donors (Lipinski definition) is 2. The minimum atomic E-state index is -0.406. The summed E-state index contributed by atoms with van der Waals surface area (Å²) in [6.45, 7) is 2.83. The lowest BCUT2D eigenvalue weighted by atomic mass is 10.2. The van der Waals surface area contributed by atoms with E-state index in [1.54, 1.807) is 18.2 Å². The van der Waals surface area contributed by atoms with Crippen LogP contribution in [0.1, 0.15) is 10.5 Å². The quantitative estimate of drug-likeness (QED) is 0.691. The van der Waals surface area contributed by atoms with E-state index in [0.29, 0.717) is 24.7 Å². The molecule has 1 aromatic heterocycles. The molecule has 1 fully saturated rings. The molecule has 2 aromatic carbocycles. The third-order valence-corrected chi connectivity index (χ3v) is 4.54. The molecule has 0 aliphatic carbocycles. The Morgan fingerprint density at radius 2 is 1.72 bits per heavy atom. The fourth-order valence-corrected chi connectivity index (χ4v) is 3.10. The van der Waals surface area contributed by atoms with Gasteiger partial charge in [0.25, 0.3) is 5.91 Å². The molecule has 0 unspecified atom stereocenters. The summed E-state index contributed by atoms with van der Waals surface area (Å²) in [4.78, 5) is 23.1. The Balaban J connectivity index is 1.52. The van der Waals surface area contributed by atoms with Gasteiger partial charge >= 0.3 is 0 Å². The third kappa shape index (κ3) is 4.49. The lowest BCUT2D eigenvalue weighted by molar-refractivity contribution is 0.102. The molecule has 1 amide bonds. The van der Waals surface area contributed by atoms with Crippen molar-refractivity contribution in [3.63, 3.8) is 0 Å². The molecule has 1 aliphatic rings. The first-order chi connectivity index (χ1) is 14.2. The molecular formula is C21H20FN5O2. The van der Waals surface area contributed by atoms with Gasteiger partial charge in [-0.05, 0) is 24.3 Å². The number of ether oxygens (including phenoxy) is 1. The van der Waals surface area contributed by atoms with E-state index < -0.39 is 5.82 Å². The van der Waals surface area contributed by atoms with Crippen molar-refractivity contribution in [3.8, 4) is 0 Å². The lowest BCUT2D eigenvalue weighted by Crippen LogP contribution is -2.36. The van der Waals surface area contributed by atoms with E-state index >= 15 is 0 Å². The molecule has 148 valence electrons. The molecule has 3 aromatic rings. The van der Waals surface area contributed by atoms with Crippen LogP contribution in [0.2, 0.25) is 0 Å². The van der Waals surface area contributed by atoms with Gasteiger partial charge < -0.3 is 20.3 Å². The predicted octanol–water partition coefficient (Wildman–Crippen LogP) is 3.45. The van der Waals surface area contributed by atoms with Crippen molar-refractivity contribution in [2.75, 3.05) is 41.8 Å². The number of morpholine rings is 1. The van der Waals surface area contributed by atoms with Crippen LogP contribution in [0.15, 0.2) is 60.9 Å². The van der Waals surface area contributed by atoms with Crippen LogP contribution in [0.25, 0.3) is 0 Å². The number of carbonyl (C=O) groups excluding carboxylic acids is 1. The first-order valence-electron chi connectivity index (χ1n) is 9.27. The van der Waals surface area contributed by atoms with Gasteiger partial charge in [0, 0.05) is 19.2 Å². The second kappa shape index (κ2) is 8.66. The van der Waals surface area contributed by atoms with Crippen molar-refractivity contribution in [1.29, 1.82) is 0 Å². The zero-order valence-electron chi connectivity index (χ0n) is 15.6. The van der Waals surface area contributed by atoms with Gasteiger partial charge in [-0.25, -0.2) is 14.4 Å². The Kier molecular flexibility index (Phi) is 5.62. The van der Waals surface area contributed by atoms with Gasteiger partial charge in [-0.3, -0.25) is 4.79 Å². The van der Waals surface area contributed by atoms with E-state index in [1.165, 1.54) is 18.5 Å². The molecule has 1 aliphatic heterocycles. The highest BCUT2D eigenvalue weighted by atomic mass is 19.1. The molecule has 29 heavy (non-hydrogen) atoms. The molecule has 8 heteroatoms. The topological polar surface area (TPSA) is 79.4 Å². The zero-order valence-corrected chi connectivity index (χ0v) is 15.6. The summed E-state index contributed by atoms with van der Waals surface area (Å²) in [6.07, 6.45) is 1.27. The van der Waals surface area contributed by atoms with Crippen LogP contribution in [-0.4, -0.2) is 42.2 Å². The Morgan fingerprint density at radius 1 is 1.00 bits per heavy atom. The largest absolute Gasteiger partial charge is 0.378 e. The maximum Gasteiger partial charge on any atom is 0.274 e. The first-order valence-corrected chi connectivity index (χ1v) is 9.27. The highest BCUT2D eigenvalue weighted by Gasteiger charge is 2.17. The monoisotopic (exact) mass is 393 g/mol. The van der Waals surface area contributed by atoms with Crippen LogP contribution in [0.5, 0.6) is 0 Å². The van der Waals surface area contributed by atoms with Crippen molar-refractivity contribution in [2.45, 2.75) is 0 Å². The van der Waals surface area contributed by atoms with Crippen molar-refractivity contribution in [2.24, 2.45) is 0 Å². The summed E-state index contributed by atoms with van der Waals surface area (Å²) < 4.78 is 19.2. The average molecular weight is 393 g/mol. The van der Waals surface area contributed by atoms with Crippen LogP contribution in [0, 0.1) is 5.82 Å². The average Bonchev–Trinajstić information content (AvgIpc) is 2.76. The number of amides is 1. The molecule has 0 spiro atoms. The lowest BCUT2D eigenvalue weighted by Gasteiger charge is -2.30. The Bertz CT molecular complexity index is 1010. The normalized spacial score (nSPS) is 13.8. The summed E-state index contributed by atoms with van der Waals surface area (Å²) in [5, 5.41) is 5.78. The Labute approximate surface area is 167 Å². The van der Waals surface area contributed by atoms with Crippen LogP contribution in [0.4, 0.5) is 27.3 Å². The molecule has 4 rings (SSSR count). The zero-order chi connectivity index (χ0) is 20.1. The smallest absolute Gasteiger partial charge is 0.274 e. The summed E-state index contributed by atoms with van der Waals surface area (Å²) in [5.74, 6) is -0.446. The highest BCUT2D eigenvalue weighted by molar-refractivity contribution is 6.05. The van der Waals surface area contributed by atoms with E-state index in [2.05, 4.69) is 25.5 Å². The first kappa shape index (κ1) is 18.8. The van der Waals surface area contributed by atoms with Crippen molar-refractivity contribution in [1.82, 2.24) is 9.97 Å². The fourth-order valence-electron chi connectivity index (χ4n) is 3.10. The van der Waals surface area contributed by atoms with Gasteiger partial charge in [-0.1, -0.05) is 24.3 Å². The van der Waals surface area contributed by atoms with Gasteiger partial charge in [-0.15, -0.1) is 0 Å². The minimum Gasteiger partial charge on any atom is -0.378 e. The number of rotatable bonds is 5. The maximum absolute atomic E-state index is 13.8. The van der Waals surface area contributed by atoms with Crippen molar-refractivity contribution in [3.05, 3.63) is 72.4 Å². The summed E-state index contributed by atoms with van der Waals surface area (Å²) in [6, 6.07) is 15.4. The summed E-state index contributed by atoms with van der Waals surface area (Å²) in [7, 11) is 0. The van der Waals surface area contributed by atoms with Crippen LogP contribution in [-0.2, 0) is 4.74 Å². The van der Waals surface area contributed by atoms with Crippen molar-refractivity contribution >= 4 is 28.8 Å². The molecule has 2 heterocycles. The molecular weight excluding hydrogens is 373 g/mol. The molecule has 0 atom stereocenters. The second-order valence-electron chi connectivity index (χ2n) is 6.46. The number of nitrogens with one attached hydrogen (secondary N) is 2. The summed E-state index contributed by atoms with van der Waals surface area (Å²) >= 11 is 0. The Hall–Kier alpha value is -3.52. The minimum absolute atomic E-state index is 0.176. The van der Waals surface area contributed by atoms with Gasteiger partial charge in [0.1, 0.15) is 23.7 Å². The number of para-hydroxylation sites is 3. The van der Waals surface area contributed by atoms with E-state index in [-0.39, 0.29) is 17.3 Å². The van der Waals surface area contributed by atoms with E-state index in [9.17, 15) is 9.18 Å². The van der Waals surface area contributed by atoms with E-state index in [4.69, 9.17) is 4.74 Å². The summed E-state index contributed by atoms with van der Waals surface area (Å²) in [5.41, 5.74) is 2.08. The number of benzene rings is 2. The number of halogens is 1. The predicted molar refractivity (Wildman–Crippen MR) is 109 cm³/mol. The molecule has 0 radical (unpaired) electrons. The van der Waals surface area contributed by atoms with Crippen LogP contribution >= 0.6 is 0 Å². The van der Waals surface area contributed by atoms with Crippen molar-refractivity contribution < 1.29 is 13.9 Å². The number of aromatic nitrogens is 2. The van der Waals surface area contributed by atoms with Gasteiger partial charge in [0.05, 0.1) is 30.3 Å². The van der Waals surface area contributed by atoms with E-state index in [1.807, 2.05) is 24.3 Å². The second-order valence-corrected chi connectivity index (χ2v) is 6.46. The van der Waals surface area contributed by atoms with Crippen LogP contribution < -0.4 is 15.5 Å². The third-order valence-electron chi connectivity index (χ3n) is 4.54. The molecule has 2 N–H and O–H groups in total. The molecule has 1 saturated heterocycles. The number of anilines is 4. The molecule has 0 saturated carbocycles. The number of carbonyl (C=O) groups is 1. The molecule has 0 bridgehead atoms. The van der Waals surface area contributed by atoms with Gasteiger partial charge in [0.15, 0.2) is 0 Å². The maximum atomic E-state index is 13.8. The highest BCUT2D eigenvalue weighted by Crippen LogP contribution is 2.27. The van der Waals surface area contributed by atoms with Gasteiger partial charge in [-0.2, -0.15) is 0 Å². The van der Waals surface area contributed by atoms with E-state index in [0.717, 1.165) is 18.8 Å². The number of hydrogen-bond acceptors (Lipinski definition) is 6. The van der Waals surface area contributed by atoms with Crippen LogP contribution in [0.3, 0.4) is 0 Å². The fraction of sp³-hybridized carbons (Fsp3) is 0.190. The standard InChI is InChI=1S/C21H20FN5O2/c22-15-5-1-2-6-16(15)25-20-13-18(23-14-24-20)21(28)26-17-7-3-4-8-19(17)27-9-11-29-12-10-27/h1-8,13-14H,9-12H2,(H,26,28)(H,23,24,25). The Morgan fingerprint density at radius 3 is 2.52 bits per heavy atom.